The van der Waals surface area contributed by atoms with Gasteiger partial charge in [-0.25, -0.2) is 9.37 Å². The molecular formula is C28H35N6O3+. The average Bonchev–Trinajstić information content (AvgIpc) is 3.29. The topological polar surface area (TPSA) is 82.7 Å². The lowest BCUT2D eigenvalue weighted by molar-refractivity contribution is -0.537. The van der Waals surface area contributed by atoms with Crippen molar-refractivity contribution in [3.8, 4) is 0 Å². The van der Waals surface area contributed by atoms with E-state index in [9.17, 15) is 14.7 Å². The fourth-order valence-corrected chi connectivity index (χ4v) is 5.54. The summed E-state index contributed by atoms with van der Waals surface area (Å²) in [5.41, 5.74) is 2.57. The molecule has 3 heterocycles. The molecule has 0 aliphatic carbocycles. The summed E-state index contributed by atoms with van der Waals surface area (Å²) in [4.78, 5) is 37.8. The van der Waals surface area contributed by atoms with Crippen molar-refractivity contribution >= 4 is 23.6 Å². The Hall–Kier alpha value is -3.40. The smallest absolute Gasteiger partial charge is 0.333 e. The molecule has 194 valence electrons. The fraction of sp³-hybridized carbons (Fsp3) is 0.429. The number of carbonyl (C=O) groups is 2. The Labute approximate surface area is 217 Å². The summed E-state index contributed by atoms with van der Waals surface area (Å²) < 4.78 is 1.97. The highest BCUT2D eigenvalue weighted by atomic mass is 16.3. The Morgan fingerprint density at radius 3 is 2.08 bits per heavy atom. The number of rotatable bonds is 8. The fourth-order valence-electron chi connectivity index (χ4n) is 5.54. The van der Waals surface area contributed by atoms with Crippen molar-refractivity contribution in [1.29, 1.82) is 0 Å². The first-order valence-corrected chi connectivity index (χ1v) is 12.9. The summed E-state index contributed by atoms with van der Waals surface area (Å²) in [5, 5.41) is 9.46. The molecule has 0 aromatic heterocycles. The van der Waals surface area contributed by atoms with Gasteiger partial charge in [0.15, 0.2) is 0 Å². The average molecular weight is 504 g/mol. The third-order valence-corrected chi connectivity index (χ3v) is 7.54. The van der Waals surface area contributed by atoms with E-state index >= 15 is 0 Å². The molecule has 2 aromatic rings. The van der Waals surface area contributed by atoms with Crippen molar-refractivity contribution in [1.82, 2.24) is 19.6 Å². The minimum absolute atomic E-state index is 0.0314. The summed E-state index contributed by atoms with van der Waals surface area (Å²) in [5.74, 6) is 0.994. The highest BCUT2D eigenvalue weighted by Crippen LogP contribution is 2.29. The number of aliphatic imine (C=N–C) groups is 1. The van der Waals surface area contributed by atoms with E-state index in [0.29, 0.717) is 25.3 Å². The number of amidine groups is 2. The maximum atomic E-state index is 13.0. The molecule has 3 amide bonds. The number of nitrogens with zero attached hydrogens (tertiary/aromatic N) is 6. The first-order chi connectivity index (χ1) is 18.0. The number of urea groups is 1. The van der Waals surface area contributed by atoms with Gasteiger partial charge in [0.1, 0.15) is 6.54 Å². The minimum atomic E-state index is -0.615. The van der Waals surface area contributed by atoms with Crippen molar-refractivity contribution in [2.24, 2.45) is 4.99 Å². The molecule has 0 spiro atoms. The number of imide groups is 1. The van der Waals surface area contributed by atoms with Gasteiger partial charge in [-0.1, -0.05) is 60.7 Å². The summed E-state index contributed by atoms with van der Waals surface area (Å²) in [7, 11) is 3.17. The van der Waals surface area contributed by atoms with Crippen molar-refractivity contribution in [3.05, 3.63) is 71.8 Å². The van der Waals surface area contributed by atoms with Crippen molar-refractivity contribution in [2.75, 3.05) is 60.0 Å². The number of aliphatic hydroxyl groups is 1. The molecule has 1 N–H and O–H groups in total. The quantitative estimate of drug-likeness (QED) is 0.552. The van der Waals surface area contributed by atoms with E-state index < -0.39 is 6.04 Å². The molecule has 3 aliphatic rings. The lowest BCUT2D eigenvalue weighted by Gasteiger charge is -2.39. The molecular weight excluding hydrogens is 468 g/mol. The maximum Gasteiger partial charge on any atom is 0.333 e. The van der Waals surface area contributed by atoms with Gasteiger partial charge >= 0.3 is 11.9 Å². The van der Waals surface area contributed by atoms with Crippen LogP contribution in [0.3, 0.4) is 0 Å². The van der Waals surface area contributed by atoms with Crippen LogP contribution in [0.25, 0.3) is 0 Å². The van der Waals surface area contributed by atoms with Gasteiger partial charge in [-0.15, -0.1) is 0 Å². The number of benzene rings is 2. The molecule has 5 rings (SSSR count). The molecule has 2 fully saturated rings. The number of amides is 3. The van der Waals surface area contributed by atoms with E-state index in [2.05, 4.69) is 70.5 Å². The second-order valence-corrected chi connectivity index (χ2v) is 9.83. The summed E-state index contributed by atoms with van der Waals surface area (Å²) in [6.07, 6.45) is 0.529. The molecule has 1 unspecified atom stereocenters. The molecule has 2 saturated heterocycles. The van der Waals surface area contributed by atoms with Gasteiger partial charge < -0.3 is 5.11 Å². The van der Waals surface area contributed by atoms with Crippen molar-refractivity contribution < 1.29 is 19.3 Å². The highest BCUT2D eigenvalue weighted by Gasteiger charge is 2.53. The molecule has 9 nitrogen and oxygen atoms in total. The summed E-state index contributed by atoms with van der Waals surface area (Å²) in [6.45, 7) is 4.67. The molecule has 0 radical (unpaired) electrons. The zero-order valence-electron chi connectivity index (χ0n) is 21.5. The molecule has 9 heteroatoms. The predicted molar refractivity (Wildman–Crippen MR) is 142 cm³/mol. The van der Waals surface area contributed by atoms with Crippen LogP contribution < -0.4 is 0 Å². The van der Waals surface area contributed by atoms with E-state index in [1.165, 1.54) is 23.1 Å². The number of fused-ring (bicyclic) bond motifs is 1. The van der Waals surface area contributed by atoms with Crippen molar-refractivity contribution in [2.45, 2.75) is 18.5 Å². The molecule has 0 bridgehead atoms. The number of hydrogen-bond donors (Lipinski definition) is 1. The van der Waals surface area contributed by atoms with Crippen LogP contribution in [0.4, 0.5) is 4.79 Å². The van der Waals surface area contributed by atoms with Gasteiger partial charge in [-0.2, -0.15) is 0 Å². The molecule has 2 aromatic carbocycles. The molecule has 0 saturated carbocycles. The lowest BCUT2D eigenvalue weighted by atomic mass is 9.96. The van der Waals surface area contributed by atoms with E-state index in [-0.39, 0.29) is 24.6 Å². The van der Waals surface area contributed by atoms with Gasteiger partial charge in [0.05, 0.1) is 12.6 Å². The van der Waals surface area contributed by atoms with Crippen LogP contribution in [0.1, 0.15) is 23.6 Å². The van der Waals surface area contributed by atoms with E-state index in [4.69, 9.17) is 4.99 Å². The normalized spacial score (nSPS) is 21.2. The molecule has 1 atom stereocenters. The highest BCUT2D eigenvalue weighted by molar-refractivity contribution is 6.23. The standard InChI is InChI=1S/C28H35N6O3/c1-30-26-25(27(36)31(2)28(30)37)34(14-9-19-35)23(29-26)20-32-15-17-33(18-16-32)24(21-10-5-3-6-11-21)22-12-7-4-8-13-22/h3-8,10-13,24-25,35H,9,14-20H2,1-2H3/q+1. The van der Waals surface area contributed by atoms with Crippen LogP contribution in [0.15, 0.2) is 65.7 Å². The number of carbonyl (C=O) groups excluding carboxylic acids is 2. The largest absolute Gasteiger partial charge is 0.396 e. The van der Waals surface area contributed by atoms with E-state index in [0.717, 1.165) is 36.9 Å². The first kappa shape index (κ1) is 25.3. The number of likely N-dealkylation sites (N-methyl/N-ethyl adjacent to an activating group) is 2. The Morgan fingerprint density at radius 1 is 0.919 bits per heavy atom. The Bertz CT molecular complexity index is 1150. The number of aliphatic hydroxyl groups excluding tert-OH is 1. The zero-order chi connectivity index (χ0) is 25.9. The van der Waals surface area contributed by atoms with Gasteiger partial charge in [-0.3, -0.25) is 24.4 Å². The second-order valence-electron chi connectivity index (χ2n) is 9.83. The van der Waals surface area contributed by atoms with Crippen LogP contribution in [0, 0.1) is 0 Å². The zero-order valence-corrected chi connectivity index (χ0v) is 21.5. The lowest BCUT2D eigenvalue weighted by Crippen LogP contribution is -2.61. The van der Waals surface area contributed by atoms with Crippen molar-refractivity contribution in [3.63, 3.8) is 0 Å². The number of hydrogen-bond acceptors (Lipinski definition) is 6. The first-order valence-electron chi connectivity index (χ1n) is 12.9. The predicted octanol–water partition coefficient (Wildman–Crippen LogP) is 1.49. The molecule has 37 heavy (non-hydrogen) atoms. The Morgan fingerprint density at radius 2 is 1.51 bits per heavy atom. The van der Waals surface area contributed by atoms with Gasteiger partial charge in [0.2, 0.25) is 0 Å². The van der Waals surface area contributed by atoms with E-state index in [1.54, 1.807) is 7.05 Å². The van der Waals surface area contributed by atoms with Crippen LogP contribution in [-0.2, 0) is 4.79 Å². The minimum Gasteiger partial charge on any atom is -0.396 e. The monoisotopic (exact) mass is 503 g/mol. The Kier molecular flexibility index (Phi) is 7.45. The maximum absolute atomic E-state index is 13.0. The molecule has 3 aliphatic heterocycles. The van der Waals surface area contributed by atoms with Gasteiger partial charge in [0, 0.05) is 53.3 Å². The third-order valence-electron chi connectivity index (χ3n) is 7.54. The van der Waals surface area contributed by atoms with Gasteiger partial charge in [-0.05, 0) is 16.1 Å². The Balaban J connectivity index is 1.33. The van der Waals surface area contributed by atoms with Crippen LogP contribution in [-0.4, -0.2) is 119 Å². The van der Waals surface area contributed by atoms with Crippen LogP contribution in [0.2, 0.25) is 0 Å². The van der Waals surface area contributed by atoms with E-state index in [1.807, 2.05) is 4.58 Å². The SMILES string of the molecule is CN1C(=O)C2C(=NC(CN3CCN(C(c4ccccc4)c4ccccc4)CC3)=[N+]2CCCO)N(C)C1=O. The third kappa shape index (κ3) is 4.94. The van der Waals surface area contributed by atoms with Crippen LogP contribution >= 0.6 is 0 Å². The summed E-state index contributed by atoms with van der Waals surface area (Å²) in [6, 6.07) is 20.5. The van der Waals surface area contributed by atoms with Crippen LogP contribution in [0.5, 0.6) is 0 Å². The second kappa shape index (κ2) is 10.9. The number of piperazine rings is 1. The van der Waals surface area contributed by atoms with Gasteiger partial charge in [0.25, 0.3) is 17.8 Å². The summed E-state index contributed by atoms with van der Waals surface area (Å²) >= 11 is 0.